The zero-order chi connectivity index (χ0) is 25.0. The van der Waals surface area contributed by atoms with Crippen LogP contribution in [0, 0.1) is 0 Å². The Morgan fingerprint density at radius 1 is 1.06 bits per heavy atom. The van der Waals surface area contributed by atoms with Crippen molar-refractivity contribution >= 4 is 40.9 Å². The molecule has 1 heterocycles. The molecule has 0 unspecified atom stereocenters. The van der Waals surface area contributed by atoms with Gasteiger partial charge in [0.1, 0.15) is 0 Å². The van der Waals surface area contributed by atoms with Gasteiger partial charge in [-0.2, -0.15) is 0 Å². The number of nitrogen functional groups attached to an aromatic ring is 1. The Bertz CT molecular complexity index is 871. The zero-order valence-corrected chi connectivity index (χ0v) is 22.5. The van der Waals surface area contributed by atoms with Gasteiger partial charge in [-0.05, 0) is 101 Å². The Balaban J connectivity index is 0.000000589. The highest BCUT2D eigenvalue weighted by Crippen LogP contribution is 2.36. The molecule has 6 nitrogen and oxygen atoms in total. The van der Waals surface area contributed by atoms with Crippen molar-refractivity contribution in [1.82, 2.24) is 0 Å². The maximum absolute atomic E-state index is 5.81. The fourth-order valence-corrected chi connectivity index (χ4v) is 4.04. The van der Waals surface area contributed by atoms with E-state index in [1.807, 2.05) is 44.3 Å². The molecule has 188 valence electrons. The highest BCUT2D eigenvalue weighted by molar-refractivity contribution is 8.00. The largest absolute Gasteiger partial charge is 0.399 e. The summed E-state index contributed by atoms with van der Waals surface area (Å²) in [4.78, 5) is 8.11. The molecule has 0 spiro atoms. The van der Waals surface area contributed by atoms with E-state index in [1.165, 1.54) is 19.3 Å². The van der Waals surface area contributed by atoms with Gasteiger partial charge >= 0.3 is 0 Å². The number of nitrogens with zero attached hydrogens (tertiary/aromatic N) is 3. The number of aliphatic imine (C=N–C) groups is 1. The predicted octanol–water partition coefficient (Wildman–Crippen LogP) is 6.57. The molecule has 0 aliphatic carbocycles. The lowest BCUT2D eigenvalue weighted by Crippen LogP contribution is -2.24. The second-order valence-electron chi connectivity index (χ2n) is 8.78. The summed E-state index contributed by atoms with van der Waals surface area (Å²) in [6, 6.07) is 14.4. The minimum atomic E-state index is -0.415. The number of hydrogen-bond donors (Lipinski definition) is 1. The molecule has 0 amide bonds. The van der Waals surface area contributed by atoms with Crippen molar-refractivity contribution in [2.24, 2.45) is 4.99 Å². The fraction of sp³-hybridized carbons (Fsp3) is 0.519. The molecule has 1 aliphatic rings. The molecule has 1 fully saturated rings. The molecular formula is C27H42N4O2S. The van der Waals surface area contributed by atoms with Crippen LogP contribution >= 0.6 is 11.9 Å². The van der Waals surface area contributed by atoms with Gasteiger partial charge in [0.05, 0.1) is 17.0 Å². The van der Waals surface area contributed by atoms with Crippen LogP contribution in [0.5, 0.6) is 0 Å². The van der Waals surface area contributed by atoms with E-state index in [2.05, 4.69) is 48.3 Å². The van der Waals surface area contributed by atoms with Crippen LogP contribution in [0.3, 0.4) is 0 Å². The van der Waals surface area contributed by atoms with Gasteiger partial charge in [-0.3, -0.25) is 4.99 Å². The fourth-order valence-electron chi connectivity index (χ4n) is 3.18. The standard InChI is InChI=1S/C22H32N4OS.C5H10O/c1-7-25(5)21-14-11-18(15-20(21)24-16-22(3,4)27-6)26(8-2)28-19-12-9-17(23)10-13-19;1-2-4-6-5-3-1/h9-16H,7-8,23H2,1-6H3;1-5H2. The van der Waals surface area contributed by atoms with Crippen molar-refractivity contribution in [1.29, 1.82) is 0 Å². The van der Waals surface area contributed by atoms with E-state index in [0.717, 1.165) is 53.9 Å². The van der Waals surface area contributed by atoms with E-state index in [4.69, 9.17) is 20.2 Å². The average molecular weight is 487 g/mol. The van der Waals surface area contributed by atoms with Gasteiger partial charge < -0.3 is 24.4 Å². The summed E-state index contributed by atoms with van der Waals surface area (Å²) < 4.78 is 12.8. The number of rotatable bonds is 9. The molecule has 1 saturated heterocycles. The predicted molar refractivity (Wildman–Crippen MR) is 149 cm³/mol. The normalized spacial score (nSPS) is 13.9. The number of methoxy groups -OCH3 is 1. The number of benzene rings is 2. The van der Waals surface area contributed by atoms with Crippen LogP contribution in [0.2, 0.25) is 0 Å². The molecule has 1 aliphatic heterocycles. The number of hydrogen-bond acceptors (Lipinski definition) is 7. The summed E-state index contributed by atoms with van der Waals surface area (Å²) in [6.07, 6.45) is 5.79. The molecule has 0 bridgehead atoms. The van der Waals surface area contributed by atoms with Crippen LogP contribution in [-0.2, 0) is 9.47 Å². The average Bonchev–Trinajstić information content (AvgIpc) is 2.88. The molecule has 34 heavy (non-hydrogen) atoms. The molecular weight excluding hydrogens is 444 g/mol. The van der Waals surface area contributed by atoms with Crippen molar-refractivity contribution in [2.75, 3.05) is 55.4 Å². The van der Waals surface area contributed by atoms with Crippen molar-refractivity contribution in [3.05, 3.63) is 42.5 Å². The molecule has 2 aromatic rings. The van der Waals surface area contributed by atoms with E-state index in [-0.39, 0.29) is 0 Å². The lowest BCUT2D eigenvalue weighted by atomic mass is 10.1. The summed E-state index contributed by atoms with van der Waals surface area (Å²) in [6.45, 7) is 12.1. The Morgan fingerprint density at radius 3 is 2.24 bits per heavy atom. The highest BCUT2D eigenvalue weighted by Gasteiger charge is 2.15. The van der Waals surface area contributed by atoms with Gasteiger partial charge in [0, 0.05) is 62.9 Å². The highest BCUT2D eigenvalue weighted by atomic mass is 32.2. The summed E-state index contributed by atoms with van der Waals surface area (Å²) in [5, 5.41) is 0. The third kappa shape index (κ3) is 9.20. The van der Waals surface area contributed by atoms with Crippen LogP contribution < -0.4 is 14.9 Å². The van der Waals surface area contributed by atoms with Crippen LogP contribution in [0.1, 0.15) is 47.0 Å². The van der Waals surface area contributed by atoms with Gasteiger partial charge in [0.15, 0.2) is 0 Å². The maximum atomic E-state index is 5.81. The Hall–Kier alpha value is -2.22. The van der Waals surface area contributed by atoms with Gasteiger partial charge in [0.25, 0.3) is 0 Å². The minimum Gasteiger partial charge on any atom is -0.399 e. The smallest absolute Gasteiger partial charge is 0.0972 e. The second kappa shape index (κ2) is 14.2. The molecule has 2 N–H and O–H groups in total. The molecule has 0 aromatic heterocycles. The Morgan fingerprint density at radius 2 is 1.74 bits per heavy atom. The zero-order valence-electron chi connectivity index (χ0n) is 21.7. The summed E-state index contributed by atoms with van der Waals surface area (Å²) >= 11 is 1.69. The van der Waals surface area contributed by atoms with E-state index < -0.39 is 5.60 Å². The van der Waals surface area contributed by atoms with Gasteiger partial charge in [-0.1, -0.05) is 0 Å². The number of nitrogens with two attached hydrogens (primary N) is 1. The van der Waals surface area contributed by atoms with Crippen LogP contribution in [0.25, 0.3) is 0 Å². The first kappa shape index (κ1) is 28.0. The SMILES string of the molecule is C1CCOCC1.CCN(C)c1ccc(N(CC)Sc2ccc(N)cc2)cc1N=CC(C)(C)OC. The molecule has 0 saturated carbocycles. The summed E-state index contributed by atoms with van der Waals surface area (Å²) in [7, 11) is 3.78. The van der Waals surface area contributed by atoms with Crippen LogP contribution in [-0.4, -0.2) is 52.3 Å². The minimum absolute atomic E-state index is 0.415. The van der Waals surface area contributed by atoms with Gasteiger partial charge in [0.2, 0.25) is 0 Å². The van der Waals surface area contributed by atoms with Crippen molar-refractivity contribution < 1.29 is 9.47 Å². The van der Waals surface area contributed by atoms with Gasteiger partial charge in [-0.15, -0.1) is 0 Å². The Kier molecular flexibility index (Phi) is 11.7. The van der Waals surface area contributed by atoms with E-state index >= 15 is 0 Å². The summed E-state index contributed by atoms with van der Waals surface area (Å²) in [5.41, 5.74) is 9.31. The third-order valence-corrected chi connectivity index (χ3v) is 6.81. The third-order valence-electron chi connectivity index (χ3n) is 5.63. The number of anilines is 3. The Labute approximate surface area is 210 Å². The first-order valence-electron chi connectivity index (χ1n) is 12.1. The first-order valence-corrected chi connectivity index (χ1v) is 12.9. The van der Waals surface area contributed by atoms with E-state index in [0.29, 0.717) is 0 Å². The van der Waals surface area contributed by atoms with Crippen molar-refractivity contribution in [2.45, 2.75) is 57.5 Å². The molecule has 3 rings (SSSR count). The molecule has 0 atom stereocenters. The topological polar surface area (TPSA) is 63.3 Å². The lowest BCUT2D eigenvalue weighted by molar-refractivity contribution is 0.0872. The number of ether oxygens (including phenoxy) is 2. The monoisotopic (exact) mass is 486 g/mol. The van der Waals surface area contributed by atoms with Gasteiger partial charge in [-0.25, -0.2) is 0 Å². The lowest BCUT2D eigenvalue weighted by Gasteiger charge is -2.25. The quantitative estimate of drug-likeness (QED) is 0.246. The van der Waals surface area contributed by atoms with Crippen molar-refractivity contribution in [3.8, 4) is 0 Å². The van der Waals surface area contributed by atoms with Crippen LogP contribution in [0.4, 0.5) is 22.7 Å². The molecule has 2 aromatic carbocycles. The molecule has 7 heteroatoms. The molecule has 0 radical (unpaired) electrons. The maximum Gasteiger partial charge on any atom is 0.0972 e. The first-order chi connectivity index (χ1) is 16.3. The second-order valence-corrected chi connectivity index (χ2v) is 9.88. The summed E-state index contributed by atoms with van der Waals surface area (Å²) in [5.74, 6) is 0. The van der Waals surface area contributed by atoms with Crippen molar-refractivity contribution in [3.63, 3.8) is 0 Å². The van der Waals surface area contributed by atoms with E-state index in [1.54, 1.807) is 19.1 Å². The van der Waals surface area contributed by atoms with Crippen LogP contribution in [0.15, 0.2) is 52.4 Å². The van der Waals surface area contributed by atoms with E-state index in [9.17, 15) is 0 Å².